The van der Waals surface area contributed by atoms with E-state index in [1.807, 2.05) is 0 Å². The summed E-state index contributed by atoms with van der Waals surface area (Å²) in [6, 6.07) is 8.18. The van der Waals surface area contributed by atoms with Crippen molar-refractivity contribution in [2.24, 2.45) is 4.99 Å². The van der Waals surface area contributed by atoms with Crippen LogP contribution in [0.2, 0.25) is 0 Å². The Balaban J connectivity index is 1.80. The number of ether oxygens (including phenoxy) is 1. The van der Waals surface area contributed by atoms with Crippen molar-refractivity contribution in [1.29, 1.82) is 0 Å². The fourth-order valence-corrected chi connectivity index (χ4v) is 4.42. The van der Waals surface area contributed by atoms with Gasteiger partial charge in [0.25, 0.3) is 5.91 Å². The van der Waals surface area contributed by atoms with Gasteiger partial charge < -0.3 is 15.2 Å². The predicted molar refractivity (Wildman–Crippen MR) is 139 cm³/mol. The average molecular weight is 604 g/mol. The van der Waals surface area contributed by atoms with E-state index in [9.17, 15) is 46.2 Å². The Morgan fingerprint density at radius 3 is 2.21 bits per heavy atom. The summed E-state index contributed by atoms with van der Waals surface area (Å²) >= 11 is 0. The largest absolute Gasteiger partial charge is 0.480 e. The van der Waals surface area contributed by atoms with Crippen LogP contribution in [-0.2, 0) is 14.3 Å². The number of aliphatic carboxylic acids is 1. The topological polar surface area (TPSA) is 138 Å². The molecule has 0 saturated carbocycles. The van der Waals surface area contributed by atoms with Gasteiger partial charge in [-0.25, -0.2) is 36.4 Å². The molecular formula is C28H21F5N4O6. The van der Waals surface area contributed by atoms with Gasteiger partial charge in [-0.15, -0.1) is 0 Å². The molecule has 1 aromatic heterocycles. The summed E-state index contributed by atoms with van der Waals surface area (Å²) in [5, 5.41) is 12.6. The van der Waals surface area contributed by atoms with Crippen molar-refractivity contribution in [1.82, 2.24) is 9.88 Å². The number of pyridine rings is 1. The zero-order valence-electron chi connectivity index (χ0n) is 22.1. The van der Waals surface area contributed by atoms with Crippen LogP contribution in [0.1, 0.15) is 40.9 Å². The van der Waals surface area contributed by atoms with Crippen molar-refractivity contribution >= 4 is 35.3 Å². The zero-order valence-corrected chi connectivity index (χ0v) is 22.1. The van der Waals surface area contributed by atoms with E-state index in [2.05, 4.69) is 20.0 Å². The van der Waals surface area contributed by atoms with Gasteiger partial charge in [0.2, 0.25) is 11.7 Å². The molecule has 3 amide bonds. The van der Waals surface area contributed by atoms with Crippen LogP contribution in [0, 0.1) is 29.1 Å². The second kappa shape index (κ2) is 12.8. The number of aliphatic imine (C=N–C) groups is 1. The lowest BCUT2D eigenvalue weighted by molar-refractivity contribution is -0.139. The van der Waals surface area contributed by atoms with Crippen molar-refractivity contribution < 1.29 is 51.0 Å². The number of halogens is 5. The standard InChI is InChI=1S/C28H21F5N4O6/c1-13(14-6-2-3-7-16(14)36-26(39)17-8-4-5-9-34-17)35-25(27(40)41)15(12-18(38)37-10-11-43-28(37)42)19-20(29)22(31)24(33)23(32)21(19)30/h2-9,15,25H,10-12H2,1H3,(H,36,39)(H,40,41)/t15-,25+/m1/s1. The van der Waals surface area contributed by atoms with E-state index in [1.54, 1.807) is 12.1 Å². The quantitative estimate of drug-likeness (QED) is 0.159. The van der Waals surface area contributed by atoms with Gasteiger partial charge in [0.05, 0.1) is 12.2 Å². The summed E-state index contributed by atoms with van der Waals surface area (Å²) in [6.45, 7) is 0.764. The van der Waals surface area contributed by atoms with Crippen molar-refractivity contribution in [3.8, 4) is 0 Å². The molecule has 2 aromatic carbocycles. The number of nitrogens with one attached hydrogen (secondary N) is 1. The molecule has 15 heteroatoms. The molecule has 4 rings (SSSR count). The number of hydrogen-bond acceptors (Lipinski definition) is 7. The monoisotopic (exact) mass is 604 g/mol. The molecule has 0 aliphatic carbocycles. The Kier molecular flexibility index (Phi) is 9.12. The smallest absolute Gasteiger partial charge is 0.416 e. The minimum absolute atomic E-state index is 0.0423. The Morgan fingerprint density at radius 2 is 1.63 bits per heavy atom. The third-order valence-corrected chi connectivity index (χ3v) is 6.50. The van der Waals surface area contributed by atoms with Gasteiger partial charge in [0, 0.05) is 35.4 Å². The number of carbonyl (C=O) groups excluding carboxylic acids is 3. The van der Waals surface area contributed by atoms with Crippen LogP contribution in [0.5, 0.6) is 0 Å². The van der Waals surface area contributed by atoms with Gasteiger partial charge >= 0.3 is 12.1 Å². The number of aromatic nitrogens is 1. The molecule has 43 heavy (non-hydrogen) atoms. The summed E-state index contributed by atoms with van der Waals surface area (Å²) in [5.74, 6) is -17.9. The first kappa shape index (κ1) is 30.7. The maximum absolute atomic E-state index is 15.0. The molecule has 0 bridgehead atoms. The highest BCUT2D eigenvalue weighted by atomic mass is 19.2. The molecule has 1 saturated heterocycles. The van der Waals surface area contributed by atoms with E-state index < -0.39 is 76.9 Å². The Bertz CT molecular complexity index is 1610. The van der Waals surface area contributed by atoms with E-state index in [4.69, 9.17) is 0 Å². The summed E-state index contributed by atoms with van der Waals surface area (Å²) < 4.78 is 76.9. The number of carboxylic acid groups (broad SMARTS) is 1. The van der Waals surface area contributed by atoms with Crippen LogP contribution < -0.4 is 5.32 Å². The number of hydrogen-bond donors (Lipinski definition) is 2. The van der Waals surface area contributed by atoms with Gasteiger partial charge in [-0.2, -0.15) is 0 Å². The van der Waals surface area contributed by atoms with Crippen LogP contribution >= 0.6 is 0 Å². The summed E-state index contributed by atoms with van der Waals surface area (Å²) in [4.78, 5) is 58.4. The summed E-state index contributed by atoms with van der Waals surface area (Å²) in [5.41, 5.74) is -1.46. The van der Waals surface area contributed by atoms with Crippen LogP contribution in [0.15, 0.2) is 53.7 Å². The van der Waals surface area contributed by atoms with E-state index in [1.165, 1.54) is 43.5 Å². The Hall–Kier alpha value is -5.21. The molecule has 224 valence electrons. The second-order valence-electron chi connectivity index (χ2n) is 9.17. The minimum atomic E-state index is -2.49. The van der Waals surface area contributed by atoms with Crippen molar-refractivity contribution in [3.05, 3.63) is 94.6 Å². The van der Waals surface area contributed by atoms with Crippen LogP contribution in [0.4, 0.5) is 32.4 Å². The molecular weight excluding hydrogens is 583 g/mol. The highest BCUT2D eigenvalue weighted by molar-refractivity contribution is 6.10. The van der Waals surface area contributed by atoms with E-state index >= 15 is 0 Å². The molecule has 3 aromatic rings. The first-order chi connectivity index (χ1) is 20.4. The normalized spacial score (nSPS) is 14.7. The number of benzene rings is 2. The number of carbonyl (C=O) groups is 4. The Morgan fingerprint density at radius 1 is 1.00 bits per heavy atom. The Labute approximate surface area is 239 Å². The summed E-state index contributed by atoms with van der Waals surface area (Å²) in [6.07, 6.45) is -0.947. The van der Waals surface area contributed by atoms with Crippen LogP contribution in [0.25, 0.3) is 0 Å². The van der Waals surface area contributed by atoms with E-state index in [0.29, 0.717) is 4.90 Å². The predicted octanol–water partition coefficient (Wildman–Crippen LogP) is 4.44. The molecule has 1 aliphatic rings. The fourth-order valence-electron chi connectivity index (χ4n) is 4.42. The average Bonchev–Trinajstić information content (AvgIpc) is 3.43. The zero-order chi connectivity index (χ0) is 31.4. The number of nitrogens with zero attached hydrogens (tertiary/aromatic N) is 3. The molecule has 1 aliphatic heterocycles. The number of rotatable bonds is 9. The molecule has 2 atom stereocenters. The first-order valence-corrected chi connectivity index (χ1v) is 12.5. The van der Waals surface area contributed by atoms with Gasteiger partial charge in [0.1, 0.15) is 12.3 Å². The molecule has 0 unspecified atom stereocenters. The summed E-state index contributed by atoms with van der Waals surface area (Å²) in [7, 11) is 0. The van der Waals surface area contributed by atoms with E-state index in [0.717, 1.165) is 0 Å². The SMILES string of the molecule is CC(=N[C@H](C(=O)O)[C@H](CC(=O)N1CCOC1=O)c1c(F)c(F)c(F)c(F)c1F)c1ccccc1NC(=O)c1ccccn1. The number of cyclic esters (lactones) is 1. The van der Waals surface area contributed by atoms with Crippen molar-refractivity contribution in [2.45, 2.75) is 25.3 Å². The van der Waals surface area contributed by atoms with Crippen molar-refractivity contribution in [2.75, 3.05) is 18.5 Å². The number of carboxylic acids is 1. The van der Waals surface area contributed by atoms with Crippen LogP contribution in [0.3, 0.4) is 0 Å². The molecule has 0 spiro atoms. The lowest BCUT2D eigenvalue weighted by Crippen LogP contribution is -2.37. The maximum atomic E-state index is 15.0. The van der Waals surface area contributed by atoms with Crippen molar-refractivity contribution in [3.63, 3.8) is 0 Å². The number of amides is 3. The number of para-hydroxylation sites is 1. The first-order valence-electron chi connectivity index (χ1n) is 12.5. The third-order valence-electron chi connectivity index (χ3n) is 6.50. The van der Waals surface area contributed by atoms with Gasteiger partial charge in [-0.3, -0.25) is 19.6 Å². The van der Waals surface area contributed by atoms with E-state index in [-0.39, 0.29) is 35.8 Å². The minimum Gasteiger partial charge on any atom is -0.480 e. The molecule has 2 heterocycles. The van der Waals surface area contributed by atoms with Crippen LogP contribution in [-0.4, -0.2) is 63.8 Å². The van der Waals surface area contributed by atoms with Gasteiger partial charge in [0.15, 0.2) is 29.3 Å². The number of anilines is 1. The fraction of sp³-hybridized carbons (Fsp3) is 0.214. The molecule has 0 radical (unpaired) electrons. The second-order valence-corrected chi connectivity index (χ2v) is 9.17. The highest BCUT2D eigenvalue weighted by Gasteiger charge is 2.41. The maximum Gasteiger partial charge on any atom is 0.416 e. The molecule has 1 fully saturated rings. The highest BCUT2D eigenvalue weighted by Crippen LogP contribution is 2.35. The lowest BCUT2D eigenvalue weighted by Gasteiger charge is -2.25. The van der Waals surface area contributed by atoms with Gasteiger partial charge in [-0.05, 0) is 25.1 Å². The number of imide groups is 1. The van der Waals surface area contributed by atoms with Gasteiger partial charge in [-0.1, -0.05) is 24.3 Å². The molecule has 10 nitrogen and oxygen atoms in total. The molecule has 2 N–H and O–H groups in total. The lowest BCUT2D eigenvalue weighted by atomic mass is 9.86. The third kappa shape index (κ3) is 6.34.